The molecule has 1 fully saturated rings. The topological polar surface area (TPSA) is 63.6 Å². The Kier molecular flexibility index (Phi) is 7.19. The van der Waals surface area contributed by atoms with Gasteiger partial charge in [0.2, 0.25) is 0 Å². The number of carboxylic acid groups (broad SMARTS) is 1. The lowest BCUT2D eigenvalue weighted by Crippen LogP contribution is -2.57. The number of fused-ring (bicyclic) bond motifs is 1. The molecule has 0 unspecified atom stereocenters. The number of aliphatic carboxylic acids is 1. The minimum Gasteiger partial charge on any atom is -0.478 e. The number of hydrogen-bond donors (Lipinski definition) is 1. The van der Waals surface area contributed by atoms with Gasteiger partial charge in [-0.25, -0.2) is 9.59 Å². The Balaban J connectivity index is 2.37. The van der Waals surface area contributed by atoms with Gasteiger partial charge in [-0.1, -0.05) is 44.1 Å². The molecular weight excluding hydrogens is 364 g/mol. The average molecular weight is 403 g/mol. The van der Waals surface area contributed by atoms with Gasteiger partial charge in [-0.05, 0) is 77.0 Å². The SMILES string of the molecule is C/C=C(/C)C(=O)O[C@@H]1C[C@@H](C)[C@](C)(CC/C(C)=C\C(=O)O)[C@H]2CCC=C(C)[C@@]21C. The molecule has 0 radical (unpaired) electrons. The molecule has 0 amide bonds. The summed E-state index contributed by atoms with van der Waals surface area (Å²) in [7, 11) is 0. The fourth-order valence-corrected chi connectivity index (χ4v) is 5.61. The van der Waals surface area contributed by atoms with Gasteiger partial charge < -0.3 is 9.84 Å². The second kappa shape index (κ2) is 8.89. The number of rotatable bonds is 6. The third kappa shape index (κ3) is 4.51. The molecule has 0 heterocycles. The van der Waals surface area contributed by atoms with E-state index in [4.69, 9.17) is 9.84 Å². The zero-order valence-corrected chi connectivity index (χ0v) is 19.2. The molecule has 0 aromatic heterocycles. The molecule has 29 heavy (non-hydrogen) atoms. The molecule has 162 valence electrons. The highest BCUT2D eigenvalue weighted by Gasteiger charge is 2.58. The van der Waals surface area contributed by atoms with Gasteiger partial charge in [-0.3, -0.25) is 0 Å². The van der Waals surface area contributed by atoms with Gasteiger partial charge in [0.05, 0.1) is 0 Å². The van der Waals surface area contributed by atoms with E-state index in [1.54, 1.807) is 13.0 Å². The molecule has 2 rings (SSSR count). The number of esters is 1. The lowest BCUT2D eigenvalue weighted by Gasteiger charge is -2.60. The Morgan fingerprint density at radius 3 is 2.55 bits per heavy atom. The van der Waals surface area contributed by atoms with Crippen LogP contribution in [0.5, 0.6) is 0 Å². The Morgan fingerprint density at radius 1 is 1.31 bits per heavy atom. The van der Waals surface area contributed by atoms with Crippen LogP contribution < -0.4 is 0 Å². The van der Waals surface area contributed by atoms with Crippen molar-refractivity contribution >= 4 is 11.9 Å². The van der Waals surface area contributed by atoms with Crippen molar-refractivity contribution in [2.75, 3.05) is 0 Å². The van der Waals surface area contributed by atoms with E-state index >= 15 is 0 Å². The van der Waals surface area contributed by atoms with Crippen molar-refractivity contribution < 1.29 is 19.4 Å². The second-order valence-electron chi connectivity index (χ2n) is 9.64. The first-order valence-corrected chi connectivity index (χ1v) is 10.9. The summed E-state index contributed by atoms with van der Waals surface area (Å²) in [5, 5.41) is 9.05. The summed E-state index contributed by atoms with van der Waals surface area (Å²) in [6.45, 7) is 14.7. The molecule has 5 atom stereocenters. The van der Waals surface area contributed by atoms with Crippen LogP contribution in [0.25, 0.3) is 0 Å². The van der Waals surface area contributed by atoms with Crippen LogP contribution in [0.2, 0.25) is 0 Å². The van der Waals surface area contributed by atoms with E-state index in [1.807, 2.05) is 13.8 Å². The Hall–Kier alpha value is -1.84. The maximum atomic E-state index is 12.6. The summed E-state index contributed by atoms with van der Waals surface area (Å²) in [4.78, 5) is 23.6. The molecular formula is C25H38O4. The monoisotopic (exact) mass is 402 g/mol. The van der Waals surface area contributed by atoms with Gasteiger partial charge in [0, 0.05) is 17.1 Å². The smallest absolute Gasteiger partial charge is 0.333 e. The first-order chi connectivity index (χ1) is 13.5. The van der Waals surface area contributed by atoms with Crippen molar-refractivity contribution in [2.24, 2.45) is 22.7 Å². The second-order valence-corrected chi connectivity index (χ2v) is 9.64. The summed E-state index contributed by atoms with van der Waals surface area (Å²) in [6, 6.07) is 0. The molecule has 0 spiro atoms. The van der Waals surface area contributed by atoms with Gasteiger partial charge in [-0.2, -0.15) is 0 Å². The molecule has 0 saturated heterocycles. The van der Waals surface area contributed by atoms with E-state index in [1.165, 1.54) is 11.6 Å². The van der Waals surface area contributed by atoms with Crippen LogP contribution in [-0.2, 0) is 14.3 Å². The van der Waals surface area contributed by atoms with Crippen LogP contribution >= 0.6 is 0 Å². The Bertz CT molecular complexity index is 744. The first kappa shape index (κ1) is 23.4. The van der Waals surface area contributed by atoms with E-state index in [9.17, 15) is 9.59 Å². The number of carboxylic acids is 1. The van der Waals surface area contributed by atoms with E-state index < -0.39 is 5.97 Å². The maximum absolute atomic E-state index is 12.6. The van der Waals surface area contributed by atoms with Gasteiger partial charge >= 0.3 is 11.9 Å². The van der Waals surface area contributed by atoms with Crippen molar-refractivity contribution in [3.8, 4) is 0 Å². The number of ether oxygens (including phenoxy) is 1. The zero-order chi connectivity index (χ0) is 22.0. The molecule has 0 bridgehead atoms. The van der Waals surface area contributed by atoms with Gasteiger partial charge in [0.25, 0.3) is 0 Å². The third-order valence-corrected chi connectivity index (χ3v) is 8.07. The minimum atomic E-state index is -0.878. The number of carbonyl (C=O) groups excluding carboxylic acids is 1. The highest BCUT2D eigenvalue weighted by molar-refractivity contribution is 5.87. The van der Waals surface area contributed by atoms with Crippen molar-refractivity contribution in [1.29, 1.82) is 0 Å². The molecule has 0 aromatic carbocycles. The fourth-order valence-electron chi connectivity index (χ4n) is 5.61. The minimum absolute atomic E-state index is 0.0659. The molecule has 4 nitrogen and oxygen atoms in total. The molecule has 2 aliphatic carbocycles. The third-order valence-electron chi connectivity index (χ3n) is 8.07. The van der Waals surface area contributed by atoms with E-state index in [2.05, 4.69) is 33.8 Å². The van der Waals surface area contributed by atoms with Crippen molar-refractivity contribution in [2.45, 2.75) is 86.7 Å². The van der Waals surface area contributed by atoms with Crippen LogP contribution in [0, 0.1) is 22.7 Å². The van der Waals surface area contributed by atoms with E-state index in [0.29, 0.717) is 17.4 Å². The van der Waals surface area contributed by atoms with E-state index in [0.717, 1.165) is 37.7 Å². The normalized spacial score (nSPS) is 35.6. The van der Waals surface area contributed by atoms with E-state index in [-0.39, 0.29) is 22.9 Å². The van der Waals surface area contributed by atoms with Gasteiger partial charge in [-0.15, -0.1) is 0 Å². The van der Waals surface area contributed by atoms with Crippen LogP contribution in [-0.4, -0.2) is 23.1 Å². The largest absolute Gasteiger partial charge is 0.478 e. The standard InChI is InChI=1S/C25H38O4/c1-8-17(3)23(28)29-21-15-19(5)24(6,13-12-16(2)14-22(26)27)20-11-9-10-18(4)25(20,21)7/h8,10,14,19-21H,9,11-13,15H2,1-7H3,(H,26,27)/b16-14-,17-8-/t19-,20-,21-,24+,25+/m1/s1. The number of hydrogen-bond acceptors (Lipinski definition) is 3. The summed E-state index contributed by atoms with van der Waals surface area (Å²) in [6.07, 6.45) is 10.00. The number of carbonyl (C=O) groups is 2. The zero-order valence-electron chi connectivity index (χ0n) is 19.2. The van der Waals surface area contributed by atoms with Crippen molar-refractivity contribution in [3.05, 3.63) is 34.9 Å². The summed E-state index contributed by atoms with van der Waals surface area (Å²) in [5.74, 6) is -0.318. The highest BCUT2D eigenvalue weighted by Crippen LogP contribution is 2.62. The molecule has 0 aliphatic heterocycles. The fraction of sp³-hybridized carbons (Fsp3) is 0.680. The Labute approximate surface area is 176 Å². The number of allylic oxidation sites excluding steroid dienone is 3. The van der Waals surface area contributed by atoms with Crippen LogP contribution in [0.3, 0.4) is 0 Å². The Morgan fingerprint density at radius 2 is 1.97 bits per heavy atom. The van der Waals surface area contributed by atoms with Crippen LogP contribution in [0.15, 0.2) is 34.9 Å². The lowest BCUT2D eigenvalue weighted by atomic mass is 9.46. The molecule has 1 N–H and O–H groups in total. The summed E-state index contributed by atoms with van der Waals surface area (Å²) >= 11 is 0. The summed E-state index contributed by atoms with van der Waals surface area (Å²) in [5.41, 5.74) is 2.76. The quantitative estimate of drug-likeness (QED) is 0.332. The average Bonchev–Trinajstić information content (AvgIpc) is 2.65. The predicted molar refractivity (Wildman–Crippen MR) is 116 cm³/mol. The van der Waals surface area contributed by atoms with Gasteiger partial charge in [0.15, 0.2) is 0 Å². The first-order valence-electron chi connectivity index (χ1n) is 10.9. The molecule has 1 saturated carbocycles. The lowest BCUT2D eigenvalue weighted by molar-refractivity contribution is -0.172. The maximum Gasteiger partial charge on any atom is 0.333 e. The highest BCUT2D eigenvalue weighted by atomic mass is 16.5. The van der Waals surface area contributed by atoms with Gasteiger partial charge in [0.1, 0.15) is 6.10 Å². The molecule has 2 aliphatic rings. The molecule has 4 heteroatoms. The van der Waals surface area contributed by atoms with Crippen molar-refractivity contribution in [1.82, 2.24) is 0 Å². The predicted octanol–water partition coefficient (Wildman–Crippen LogP) is 6.08. The molecule has 0 aromatic rings. The summed E-state index contributed by atoms with van der Waals surface area (Å²) < 4.78 is 6.09. The van der Waals surface area contributed by atoms with Crippen molar-refractivity contribution in [3.63, 3.8) is 0 Å². The van der Waals surface area contributed by atoms with Crippen LogP contribution in [0.4, 0.5) is 0 Å². The van der Waals surface area contributed by atoms with Crippen LogP contribution in [0.1, 0.15) is 80.6 Å².